The molecule has 0 amide bonds. The van der Waals surface area contributed by atoms with Gasteiger partial charge in [-0.15, -0.1) is 0 Å². The van der Waals surface area contributed by atoms with Gasteiger partial charge in [-0.05, 0) is 55.2 Å². The van der Waals surface area contributed by atoms with Gasteiger partial charge in [0, 0.05) is 29.3 Å². The average molecular weight is 458 g/mol. The summed E-state index contributed by atoms with van der Waals surface area (Å²) in [6, 6.07) is 17.0. The lowest BCUT2D eigenvalue weighted by Crippen LogP contribution is -2.08. The minimum Gasteiger partial charge on any atom is -0.493 e. The standard InChI is InChI=1S/C27H24FN3O3/c1-15-29-23-9-5-17(28)12-25(23)31(15)24-4-2-3-20-21(24)8-10-22(20)30-18-6-7-19-16(11-27(32)33)14-34-26(19)13-18/h2-7,9,12-13,16,22,30H,8,10-11,14H2,1H3,(H,32,33)/t16-,22?/m1/s1. The quantitative estimate of drug-likeness (QED) is 0.413. The molecule has 0 saturated carbocycles. The number of aromatic nitrogens is 2. The molecule has 3 aromatic carbocycles. The number of halogens is 1. The van der Waals surface area contributed by atoms with Crippen molar-refractivity contribution in [2.45, 2.75) is 38.1 Å². The fourth-order valence-corrected chi connectivity index (χ4v) is 5.41. The van der Waals surface area contributed by atoms with E-state index in [9.17, 15) is 9.18 Å². The Labute approximate surface area is 196 Å². The number of carbonyl (C=O) groups is 1. The number of nitrogens with zero attached hydrogens (tertiary/aromatic N) is 2. The maximum atomic E-state index is 14.0. The predicted octanol–water partition coefficient (Wildman–Crippen LogP) is 5.52. The molecule has 0 bridgehead atoms. The fraction of sp³-hybridized carbons (Fsp3) is 0.259. The van der Waals surface area contributed by atoms with Gasteiger partial charge in [0.25, 0.3) is 0 Å². The first kappa shape index (κ1) is 20.7. The van der Waals surface area contributed by atoms with E-state index in [2.05, 4.69) is 22.4 Å². The molecule has 0 saturated heterocycles. The molecule has 1 unspecified atom stereocenters. The minimum atomic E-state index is -0.814. The molecule has 4 aromatic rings. The van der Waals surface area contributed by atoms with E-state index in [1.54, 1.807) is 12.1 Å². The number of ether oxygens (including phenoxy) is 1. The van der Waals surface area contributed by atoms with Crippen molar-refractivity contribution in [1.29, 1.82) is 0 Å². The second kappa shape index (κ2) is 7.87. The van der Waals surface area contributed by atoms with Gasteiger partial charge in [0.1, 0.15) is 17.4 Å². The zero-order valence-electron chi connectivity index (χ0n) is 18.7. The van der Waals surface area contributed by atoms with Gasteiger partial charge in [0.2, 0.25) is 0 Å². The van der Waals surface area contributed by atoms with Crippen LogP contribution in [-0.2, 0) is 11.2 Å². The summed E-state index contributed by atoms with van der Waals surface area (Å²) in [5, 5.41) is 12.8. The van der Waals surface area contributed by atoms with Crippen LogP contribution in [0.1, 0.15) is 47.3 Å². The zero-order chi connectivity index (χ0) is 23.4. The SMILES string of the molecule is Cc1nc2ccc(F)cc2n1-c1cccc2c1CCC2Nc1ccc2c(c1)OC[C@H]2CC(=O)O. The number of carboxylic acids is 1. The first-order valence-electron chi connectivity index (χ1n) is 11.5. The highest BCUT2D eigenvalue weighted by molar-refractivity contribution is 5.79. The van der Waals surface area contributed by atoms with Crippen LogP contribution in [0.25, 0.3) is 16.7 Å². The van der Waals surface area contributed by atoms with Gasteiger partial charge in [0.15, 0.2) is 0 Å². The number of anilines is 1. The molecule has 2 aliphatic rings. The average Bonchev–Trinajstić information content (AvgIpc) is 3.48. The summed E-state index contributed by atoms with van der Waals surface area (Å²) in [5.41, 5.74) is 6.96. The fourth-order valence-electron chi connectivity index (χ4n) is 5.41. The number of fused-ring (bicyclic) bond motifs is 3. The van der Waals surface area contributed by atoms with E-state index in [1.165, 1.54) is 17.2 Å². The monoisotopic (exact) mass is 457 g/mol. The largest absolute Gasteiger partial charge is 0.493 e. The number of aryl methyl sites for hydroxylation is 1. The lowest BCUT2D eigenvalue weighted by atomic mass is 9.97. The molecule has 0 radical (unpaired) electrons. The second-order valence-corrected chi connectivity index (χ2v) is 9.07. The third-order valence-corrected chi connectivity index (χ3v) is 6.93. The first-order chi connectivity index (χ1) is 16.5. The van der Waals surface area contributed by atoms with E-state index in [0.717, 1.165) is 52.4 Å². The zero-order valence-corrected chi connectivity index (χ0v) is 18.7. The normalized spacial score (nSPS) is 18.5. The van der Waals surface area contributed by atoms with Crippen molar-refractivity contribution in [3.05, 3.63) is 82.9 Å². The molecule has 7 heteroatoms. The predicted molar refractivity (Wildman–Crippen MR) is 127 cm³/mol. The minimum absolute atomic E-state index is 0.0742. The molecule has 2 N–H and O–H groups in total. The lowest BCUT2D eigenvalue weighted by molar-refractivity contribution is -0.137. The maximum Gasteiger partial charge on any atom is 0.304 e. The Kier molecular flexibility index (Phi) is 4.79. The molecule has 0 spiro atoms. The number of hydrogen-bond acceptors (Lipinski definition) is 4. The van der Waals surface area contributed by atoms with Crippen LogP contribution >= 0.6 is 0 Å². The summed E-state index contributed by atoms with van der Waals surface area (Å²) in [6.45, 7) is 2.35. The maximum absolute atomic E-state index is 14.0. The third kappa shape index (κ3) is 3.39. The van der Waals surface area contributed by atoms with Crippen molar-refractivity contribution in [3.8, 4) is 11.4 Å². The van der Waals surface area contributed by atoms with Gasteiger partial charge in [-0.25, -0.2) is 9.37 Å². The number of benzene rings is 3. The summed E-state index contributed by atoms with van der Waals surface area (Å²) in [7, 11) is 0. The van der Waals surface area contributed by atoms with Crippen molar-refractivity contribution >= 4 is 22.7 Å². The van der Waals surface area contributed by atoms with Crippen LogP contribution in [0.3, 0.4) is 0 Å². The Morgan fingerprint density at radius 2 is 2.09 bits per heavy atom. The molecule has 0 fully saturated rings. The van der Waals surface area contributed by atoms with Crippen LogP contribution in [0.15, 0.2) is 54.6 Å². The molecule has 1 aliphatic carbocycles. The Bertz CT molecular complexity index is 1440. The smallest absolute Gasteiger partial charge is 0.304 e. The van der Waals surface area contributed by atoms with Gasteiger partial charge < -0.3 is 15.2 Å². The first-order valence-corrected chi connectivity index (χ1v) is 11.5. The summed E-state index contributed by atoms with van der Waals surface area (Å²) >= 11 is 0. The van der Waals surface area contributed by atoms with Crippen LogP contribution in [0, 0.1) is 12.7 Å². The number of hydrogen-bond donors (Lipinski definition) is 2. The van der Waals surface area contributed by atoms with E-state index < -0.39 is 5.97 Å². The third-order valence-electron chi connectivity index (χ3n) is 6.93. The van der Waals surface area contributed by atoms with Crippen LogP contribution in [0.5, 0.6) is 5.75 Å². The highest BCUT2D eigenvalue weighted by Crippen LogP contribution is 2.41. The summed E-state index contributed by atoms with van der Waals surface area (Å²) in [4.78, 5) is 15.7. The summed E-state index contributed by atoms with van der Waals surface area (Å²) < 4.78 is 21.8. The molecular weight excluding hydrogens is 433 g/mol. The molecule has 6 rings (SSSR count). The molecule has 172 valence electrons. The van der Waals surface area contributed by atoms with E-state index >= 15 is 0 Å². The molecule has 1 aliphatic heterocycles. The van der Waals surface area contributed by atoms with Crippen molar-refractivity contribution in [2.75, 3.05) is 11.9 Å². The van der Waals surface area contributed by atoms with Crippen molar-refractivity contribution < 1.29 is 19.0 Å². The summed E-state index contributed by atoms with van der Waals surface area (Å²) in [5.74, 6) is 0.396. The molecular formula is C27H24FN3O3. The molecule has 34 heavy (non-hydrogen) atoms. The van der Waals surface area contributed by atoms with E-state index in [1.807, 2.05) is 35.8 Å². The molecule has 1 aromatic heterocycles. The van der Waals surface area contributed by atoms with Crippen LogP contribution in [0.2, 0.25) is 0 Å². The van der Waals surface area contributed by atoms with Gasteiger partial charge in [-0.2, -0.15) is 0 Å². The number of carboxylic acid groups (broad SMARTS) is 1. The highest BCUT2D eigenvalue weighted by Gasteiger charge is 2.29. The van der Waals surface area contributed by atoms with Crippen molar-refractivity contribution in [2.24, 2.45) is 0 Å². The Morgan fingerprint density at radius 1 is 1.21 bits per heavy atom. The Balaban J connectivity index is 1.31. The van der Waals surface area contributed by atoms with Crippen LogP contribution < -0.4 is 10.1 Å². The van der Waals surface area contributed by atoms with Crippen LogP contribution in [0.4, 0.5) is 10.1 Å². The second-order valence-electron chi connectivity index (χ2n) is 9.07. The molecule has 2 heterocycles. The number of aliphatic carboxylic acids is 1. The summed E-state index contributed by atoms with van der Waals surface area (Å²) in [6.07, 6.45) is 1.91. The topological polar surface area (TPSA) is 76.4 Å². The Hall–Kier alpha value is -3.87. The lowest BCUT2D eigenvalue weighted by Gasteiger charge is -2.18. The molecule has 6 nitrogen and oxygen atoms in total. The number of rotatable bonds is 5. The van der Waals surface area contributed by atoms with Gasteiger partial charge in [-0.3, -0.25) is 9.36 Å². The van der Waals surface area contributed by atoms with Gasteiger partial charge in [-0.1, -0.05) is 18.2 Å². The Morgan fingerprint density at radius 3 is 2.94 bits per heavy atom. The van der Waals surface area contributed by atoms with Gasteiger partial charge in [0.05, 0.1) is 35.8 Å². The van der Waals surface area contributed by atoms with E-state index in [0.29, 0.717) is 6.61 Å². The van der Waals surface area contributed by atoms with Crippen LogP contribution in [-0.4, -0.2) is 27.2 Å². The van der Waals surface area contributed by atoms with Crippen molar-refractivity contribution in [3.63, 3.8) is 0 Å². The number of nitrogens with one attached hydrogen (secondary N) is 1. The van der Waals surface area contributed by atoms with Gasteiger partial charge >= 0.3 is 5.97 Å². The van der Waals surface area contributed by atoms with Crippen molar-refractivity contribution in [1.82, 2.24) is 9.55 Å². The van der Waals surface area contributed by atoms with E-state index in [4.69, 9.17) is 9.84 Å². The molecule has 2 atom stereocenters. The highest BCUT2D eigenvalue weighted by atomic mass is 19.1. The number of imidazole rings is 1. The van der Waals surface area contributed by atoms with E-state index in [-0.39, 0.29) is 24.2 Å².